The van der Waals surface area contributed by atoms with E-state index in [0.29, 0.717) is 13.0 Å². The number of rotatable bonds is 12. The number of carbonyl (C=O) groups excluding carboxylic acids is 6. The molecule has 0 bridgehead atoms. The van der Waals surface area contributed by atoms with Crippen LogP contribution in [0.25, 0.3) is 0 Å². The number of likely N-dealkylation sites (tertiary alicyclic amines) is 1. The molecule has 13 nitrogen and oxygen atoms in total. The van der Waals surface area contributed by atoms with E-state index < -0.39 is 65.3 Å². The highest BCUT2D eigenvalue weighted by molar-refractivity contribution is 6.37. The van der Waals surface area contributed by atoms with Gasteiger partial charge in [0.1, 0.15) is 18.7 Å². The molecule has 1 saturated heterocycles. The van der Waals surface area contributed by atoms with Crippen molar-refractivity contribution in [2.24, 2.45) is 40.2 Å². The Kier molecular flexibility index (Phi) is 10.4. The normalized spacial score (nSPS) is 24.5. The molecule has 3 aliphatic rings. The molecule has 3 unspecified atom stereocenters. The maximum atomic E-state index is 14.1. The molecule has 3 rings (SSSR count). The van der Waals surface area contributed by atoms with Crippen LogP contribution < -0.4 is 21.7 Å². The standard InChI is InChI=1S/C30H49N5O8/c1-15(2)19(14-43-28(41)42-8)33-27(40)34-23(29(3,4)5)26(39)35-13-17-20(30(17,6)7)21(35)25(38)32-18(22(36)24(31)37)12-16-10-9-11-16/h15-21,23H,9-14H2,1-8H3,(H2,31,37)(H,32,38)(H2,33,34,40)/t17?,18?,19-,20?,21+,23-/m1/s1. The van der Waals surface area contributed by atoms with Gasteiger partial charge in [-0.25, -0.2) is 9.59 Å². The molecule has 0 aromatic rings. The highest BCUT2D eigenvalue weighted by Crippen LogP contribution is 2.65. The van der Waals surface area contributed by atoms with E-state index in [0.717, 1.165) is 19.3 Å². The van der Waals surface area contributed by atoms with Gasteiger partial charge in [0.2, 0.25) is 17.6 Å². The Morgan fingerprint density at radius 1 is 1.02 bits per heavy atom. The van der Waals surface area contributed by atoms with Crippen LogP contribution in [0.15, 0.2) is 0 Å². The second-order valence-electron chi connectivity index (χ2n) is 14.2. The zero-order chi connectivity index (χ0) is 32.4. The summed E-state index contributed by atoms with van der Waals surface area (Å²) in [5.74, 6) is -2.81. The minimum atomic E-state index is -1.10. The molecule has 5 amide bonds. The lowest BCUT2D eigenvalue weighted by atomic mass is 9.80. The van der Waals surface area contributed by atoms with Crippen molar-refractivity contribution in [2.75, 3.05) is 20.3 Å². The summed E-state index contributed by atoms with van der Waals surface area (Å²) in [5.41, 5.74) is 4.38. The van der Waals surface area contributed by atoms with E-state index >= 15 is 0 Å². The van der Waals surface area contributed by atoms with Crippen molar-refractivity contribution in [2.45, 2.75) is 98.3 Å². The van der Waals surface area contributed by atoms with Gasteiger partial charge < -0.3 is 36.1 Å². The minimum absolute atomic E-state index is 0.0689. The number of nitrogens with two attached hydrogens (primary N) is 1. The van der Waals surface area contributed by atoms with Gasteiger partial charge in [0, 0.05) is 6.54 Å². The maximum absolute atomic E-state index is 14.1. The van der Waals surface area contributed by atoms with Crippen LogP contribution in [-0.2, 0) is 28.7 Å². The molecule has 43 heavy (non-hydrogen) atoms. The molecule has 6 atom stereocenters. The Morgan fingerprint density at radius 3 is 2.14 bits per heavy atom. The zero-order valence-corrected chi connectivity index (χ0v) is 26.7. The largest absolute Gasteiger partial charge is 0.508 e. The Bertz CT molecular complexity index is 1110. The average Bonchev–Trinajstić information content (AvgIpc) is 3.21. The monoisotopic (exact) mass is 607 g/mol. The number of piperidine rings is 1. The summed E-state index contributed by atoms with van der Waals surface area (Å²) in [6.45, 7) is 13.4. The van der Waals surface area contributed by atoms with Crippen LogP contribution in [0.3, 0.4) is 0 Å². The van der Waals surface area contributed by atoms with Gasteiger partial charge in [-0.3, -0.25) is 19.2 Å². The zero-order valence-electron chi connectivity index (χ0n) is 26.7. The lowest BCUT2D eigenvalue weighted by Gasteiger charge is -2.38. The van der Waals surface area contributed by atoms with Crippen LogP contribution >= 0.6 is 0 Å². The highest BCUT2D eigenvalue weighted by atomic mass is 16.7. The third kappa shape index (κ3) is 7.77. The first-order chi connectivity index (χ1) is 19.9. The fourth-order valence-electron chi connectivity index (χ4n) is 6.31. The van der Waals surface area contributed by atoms with Gasteiger partial charge in [0.25, 0.3) is 5.91 Å². The average molecular weight is 608 g/mol. The van der Waals surface area contributed by atoms with E-state index in [-0.39, 0.29) is 35.7 Å². The van der Waals surface area contributed by atoms with Crippen molar-refractivity contribution < 1.29 is 38.2 Å². The molecule has 1 aliphatic heterocycles. The van der Waals surface area contributed by atoms with E-state index in [9.17, 15) is 28.8 Å². The number of hydrogen-bond donors (Lipinski definition) is 4. The van der Waals surface area contributed by atoms with Crippen LogP contribution in [0.4, 0.5) is 9.59 Å². The smallest absolute Gasteiger partial charge is 0.438 e. The van der Waals surface area contributed by atoms with E-state index in [1.807, 2.05) is 48.5 Å². The van der Waals surface area contributed by atoms with E-state index in [1.54, 1.807) is 0 Å². The third-order valence-corrected chi connectivity index (χ3v) is 9.49. The fraction of sp³-hybridized carbons (Fsp3) is 0.800. The van der Waals surface area contributed by atoms with Crippen LogP contribution in [0.2, 0.25) is 0 Å². The van der Waals surface area contributed by atoms with Crippen LogP contribution in [0.1, 0.15) is 74.1 Å². The predicted octanol–water partition coefficient (Wildman–Crippen LogP) is 1.72. The van der Waals surface area contributed by atoms with Crippen molar-refractivity contribution in [1.29, 1.82) is 0 Å². The summed E-state index contributed by atoms with van der Waals surface area (Å²) >= 11 is 0. The number of carbonyl (C=O) groups is 6. The summed E-state index contributed by atoms with van der Waals surface area (Å²) < 4.78 is 9.52. The SMILES string of the molecule is COC(=O)OC[C@@H](NC(=O)N[C@H](C(=O)N1CC2C([C@H]1C(=O)NC(CC1CCC1)C(=O)C(N)=O)C2(C)C)C(C)(C)C)C(C)C. The van der Waals surface area contributed by atoms with Crippen LogP contribution in [-0.4, -0.2) is 85.0 Å². The number of primary amides is 1. The van der Waals surface area contributed by atoms with Crippen molar-refractivity contribution in [3.8, 4) is 0 Å². The topological polar surface area (TPSA) is 186 Å². The van der Waals surface area contributed by atoms with Gasteiger partial charge in [0.15, 0.2) is 0 Å². The summed E-state index contributed by atoms with van der Waals surface area (Å²) in [4.78, 5) is 78.4. The number of ketones is 1. The predicted molar refractivity (Wildman–Crippen MR) is 156 cm³/mol. The Labute approximate surface area is 253 Å². The minimum Gasteiger partial charge on any atom is -0.438 e. The second-order valence-corrected chi connectivity index (χ2v) is 14.2. The number of amides is 5. The number of methoxy groups -OCH3 is 1. The maximum Gasteiger partial charge on any atom is 0.508 e. The number of nitrogens with one attached hydrogen (secondary N) is 3. The first-order valence-corrected chi connectivity index (χ1v) is 15.1. The quantitative estimate of drug-likeness (QED) is 0.191. The molecular weight excluding hydrogens is 558 g/mol. The first kappa shape index (κ1) is 34.1. The van der Waals surface area contributed by atoms with Gasteiger partial charge >= 0.3 is 12.2 Å². The molecule has 0 radical (unpaired) electrons. The van der Waals surface area contributed by atoms with E-state index in [4.69, 9.17) is 10.5 Å². The Hall–Kier alpha value is -3.38. The molecule has 0 aromatic carbocycles. The number of urea groups is 1. The van der Waals surface area contributed by atoms with E-state index in [2.05, 4.69) is 20.7 Å². The highest BCUT2D eigenvalue weighted by Gasteiger charge is 2.70. The van der Waals surface area contributed by atoms with Crippen molar-refractivity contribution >= 4 is 35.7 Å². The van der Waals surface area contributed by atoms with Gasteiger partial charge in [-0.2, -0.15) is 0 Å². The van der Waals surface area contributed by atoms with Crippen molar-refractivity contribution in [3.63, 3.8) is 0 Å². The molecule has 0 aromatic heterocycles. The lowest BCUT2D eigenvalue weighted by molar-refractivity contribution is -0.145. The number of Topliss-reactive ketones (excluding diaryl/α,β-unsaturated/α-hetero) is 1. The third-order valence-electron chi connectivity index (χ3n) is 9.49. The summed E-state index contributed by atoms with van der Waals surface area (Å²) in [6.07, 6.45) is 2.32. The molecule has 1 heterocycles. The van der Waals surface area contributed by atoms with Gasteiger partial charge in [-0.1, -0.05) is 67.7 Å². The van der Waals surface area contributed by atoms with Crippen molar-refractivity contribution in [1.82, 2.24) is 20.9 Å². The number of fused-ring (bicyclic) bond motifs is 1. The lowest BCUT2D eigenvalue weighted by Crippen LogP contribution is -2.62. The number of nitrogens with zero attached hydrogens (tertiary/aromatic N) is 1. The number of hydrogen-bond acceptors (Lipinski definition) is 8. The molecule has 13 heteroatoms. The summed E-state index contributed by atoms with van der Waals surface area (Å²) in [7, 11) is 1.19. The summed E-state index contributed by atoms with van der Waals surface area (Å²) in [6, 6.07) is -4.10. The van der Waals surface area contributed by atoms with Crippen molar-refractivity contribution in [3.05, 3.63) is 0 Å². The Balaban J connectivity index is 1.79. The fourth-order valence-corrected chi connectivity index (χ4v) is 6.31. The molecule has 3 fully saturated rings. The van der Waals surface area contributed by atoms with Gasteiger partial charge in [-0.15, -0.1) is 0 Å². The Morgan fingerprint density at radius 2 is 1.65 bits per heavy atom. The van der Waals surface area contributed by atoms with Crippen LogP contribution in [0, 0.1) is 34.5 Å². The van der Waals surface area contributed by atoms with Gasteiger partial charge in [-0.05, 0) is 40.9 Å². The second kappa shape index (κ2) is 13.1. The van der Waals surface area contributed by atoms with E-state index in [1.165, 1.54) is 12.0 Å². The molecular formula is C30H49N5O8. The molecule has 2 aliphatic carbocycles. The first-order valence-electron chi connectivity index (χ1n) is 15.1. The molecule has 0 spiro atoms. The molecule has 5 N–H and O–H groups in total. The molecule has 242 valence electrons. The van der Waals surface area contributed by atoms with Crippen LogP contribution in [0.5, 0.6) is 0 Å². The number of ether oxygens (including phenoxy) is 2. The molecule has 2 saturated carbocycles. The summed E-state index contributed by atoms with van der Waals surface area (Å²) in [5, 5.41) is 8.33. The van der Waals surface area contributed by atoms with Gasteiger partial charge in [0.05, 0.1) is 19.2 Å².